The maximum absolute atomic E-state index is 12.5. The first-order valence-corrected chi connectivity index (χ1v) is 10.2. The van der Waals surface area contributed by atoms with Crippen LogP contribution in [-0.4, -0.2) is 61.9 Å². The Morgan fingerprint density at radius 1 is 0.935 bits per heavy atom. The van der Waals surface area contributed by atoms with Crippen LogP contribution in [0.3, 0.4) is 0 Å². The van der Waals surface area contributed by atoms with Crippen LogP contribution in [0.4, 0.5) is 5.69 Å². The van der Waals surface area contributed by atoms with Gasteiger partial charge in [0.2, 0.25) is 6.79 Å². The summed E-state index contributed by atoms with van der Waals surface area (Å²) in [5.74, 6) is 1.35. The van der Waals surface area contributed by atoms with Crippen LogP contribution in [0.25, 0.3) is 0 Å². The monoisotopic (exact) mass is 423 g/mol. The summed E-state index contributed by atoms with van der Waals surface area (Å²) < 4.78 is 10.7. The molecule has 0 saturated carbocycles. The van der Waals surface area contributed by atoms with E-state index >= 15 is 0 Å². The SMILES string of the molecule is CC(=O)c1ccc(N2CCN(C(=O)CO/N=C(/C)c3ccc4c(c3)OCO4)CC2)cc1. The van der Waals surface area contributed by atoms with Gasteiger partial charge in [0.25, 0.3) is 5.91 Å². The standard InChI is InChI=1S/C23H25N3O5/c1-16(19-5-8-21-22(13-19)30-15-29-21)24-31-14-23(28)26-11-9-25(10-12-26)20-6-3-18(4-7-20)17(2)27/h3-8,13H,9-12,14-15H2,1-2H3/b24-16-. The van der Waals surface area contributed by atoms with Crippen LogP contribution in [-0.2, 0) is 9.63 Å². The number of nitrogens with zero attached hydrogens (tertiary/aromatic N) is 3. The molecule has 0 radical (unpaired) electrons. The van der Waals surface area contributed by atoms with Gasteiger partial charge in [-0.15, -0.1) is 0 Å². The van der Waals surface area contributed by atoms with Gasteiger partial charge in [-0.3, -0.25) is 9.59 Å². The Hall–Kier alpha value is -3.55. The van der Waals surface area contributed by atoms with Gasteiger partial charge in [-0.1, -0.05) is 5.16 Å². The van der Waals surface area contributed by atoms with Crippen LogP contribution < -0.4 is 14.4 Å². The summed E-state index contributed by atoms with van der Waals surface area (Å²) in [7, 11) is 0. The average Bonchev–Trinajstić information content (AvgIpc) is 3.27. The molecule has 1 amide bonds. The molecule has 8 heteroatoms. The van der Waals surface area contributed by atoms with Gasteiger partial charge in [-0.05, 0) is 56.3 Å². The van der Waals surface area contributed by atoms with Crippen molar-refractivity contribution in [3.8, 4) is 11.5 Å². The van der Waals surface area contributed by atoms with Crippen molar-refractivity contribution in [2.45, 2.75) is 13.8 Å². The molecule has 2 aromatic rings. The van der Waals surface area contributed by atoms with Gasteiger partial charge in [0, 0.05) is 43.0 Å². The number of ketones is 1. The second kappa shape index (κ2) is 9.07. The van der Waals surface area contributed by atoms with Crippen molar-refractivity contribution in [1.29, 1.82) is 0 Å². The fourth-order valence-electron chi connectivity index (χ4n) is 3.57. The molecule has 2 aliphatic rings. The zero-order valence-corrected chi connectivity index (χ0v) is 17.7. The lowest BCUT2D eigenvalue weighted by molar-refractivity contribution is -0.136. The minimum Gasteiger partial charge on any atom is -0.454 e. The number of benzene rings is 2. The predicted octanol–water partition coefficient (Wildman–Crippen LogP) is 2.71. The molecule has 2 aromatic carbocycles. The summed E-state index contributed by atoms with van der Waals surface area (Å²) in [6.45, 7) is 6.17. The number of fused-ring (bicyclic) bond motifs is 1. The summed E-state index contributed by atoms with van der Waals surface area (Å²) in [5.41, 5.74) is 3.26. The Morgan fingerprint density at radius 3 is 2.32 bits per heavy atom. The van der Waals surface area contributed by atoms with Gasteiger partial charge in [0.15, 0.2) is 23.9 Å². The van der Waals surface area contributed by atoms with Crippen molar-refractivity contribution in [2.75, 3.05) is 44.5 Å². The van der Waals surface area contributed by atoms with E-state index in [1.54, 1.807) is 11.8 Å². The van der Waals surface area contributed by atoms with E-state index in [4.69, 9.17) is 14.3 Å². The molecule has 1 fully saturated rings. The Morgan fingerprint density at radius 2 is 1.61 bits per heavy atom. The van der Waals surface area contributed by atoms with Crippen molar-refractivity contribution in [3.63, 3.8) is 0 Å². The Balaban J connectivity index is 1.25. The van der Waals surface area contributed by atoms with Crippen LogP contribution in [0, 0.1) is 0 Å². The molecule has 0 bridgehead atoms. The van der Waals surface area contributed by atoms with E-state index in [9.17, 15) is 9.59 Å². The second-order valence-corrected chi connectivity index (χ2v) is 7.49. The van der Waals surface area contributed by atoms with Gasteiger partial charge < -0.3 is 24.1 Å². The number of carbonyl (C=O) groups excluding carboxylic acids is 2. The fourth-order valence-corrected chi connectivity index (χ4v) is 3.57. The number of hydrogen-bond acceptors (Lipinski definition) is 7. The lowest BCUT2D eigenvalue weighted by Gasteiger charge is -2.36. The Bertz CT molecular complexity index is 995. The highest BCUT2D eigenvalue weighted by Crippen LogP contribution is 2.32. The highest BCUT2D eigenvalue weighted by Gasteiger charge is 2.22. The van der Waals surface area contributed by atoms with E-state index in [0.717, 1.165) is 24.3 Å². The normalized spacial score (nSPS) is 15.7. The van der Waals surface area contributed by atoms with Gasteiger partial charge in [0.05, 0.1) is 5.71 Å². The van der Waals surface area contributed by atoms with Crippen molar-refractivity contribution in [1.82, 2.24) is 4.90 Å². The maximum Gasteiger partial charge on any atom is 0.263 e. The minimum absolute atomic E-state index is 0.0541. The smallest absolute Gasteiger partial charge is 0.263 e. The van der Waals surface area contributed by atoms with Gasteiger partial charge >= 0.3 is 0 Å². The zero-order valence-electron chi connectivity index (χ0n) is 17.7. The van der Waals surface area contributed by atoms with Crippen molar-refractivity contribution in [3.05, 3.63) is 53.6 Å². The molecular formula is C23H25N3O5. The second-order valence-electron chi connectivity index (χ2n) is 7.49. The third kappa shape index (κ3) is 4.79. The number of rotatable bonds is 6. The molecule has 0 aromatic heterocycles. The fraction of sp³-hybridized carbons (Fsp3) is 0.348. The lowest BCUT2D eigenvalue weighted by atomic mass is 10.1. The molecule has 31 heavy (non-hydrogen) atoms. The number of carbonyl (C=O) groups is 2. The first-order valence-electron chi connectivity index (χ1n) is 10.2. The molecule has 2 heterocycles. The Kier molecular flexibility index (Phi) is 6.06. The third-order valence-corrected chi connectivity index (χ3v) is 5.45. The molecule has 0 unspecified atom stereocenters. The molecule has 162 valence electrons. The summed E-state index contributed by atoms with van der Waals surface area (Å²) in [4.78, 5) is 33.2. The molecule has 2 aliphatic heterocycles. The van der Waals surface area contributed by atoms with Crippen molar-refractivity contribution >= 4 is 23.1 Å². The molecular weight excluding hydrogens is 398 g/mol. The zero-order chi connectivity index (χ0) is 21.8. The van der Waals surface area contributed by atoms with E-state index in [-0.39, 0.29) is 25.1 Å². The first kappa shape index (κ1) is 20.7. The quantitative estimate of drug-likeness (QED) is 0.404. The summed E-state index contributed by atoms with van der Waals surface area (Å²) in [6, 6.07) is 13.1. The van der Waals surface area contributed by atoms with Crippen LogP contribution >= 0.6 is 0 Å². The highest BCUT2D eigenvalue weighted by molar-refractivity contribution is 5.99. The molecule has 4 rings (SSSR count). The van der Waals surface area contributed by atoms with Crippen molar-refractivity contribution < 1.29 is 23.9 Å². The Labute approximate surface area is 181 Å². The van der Waals surface area contributed by atoms with Crippen LogP contribution in [0.15, 0.2) is 47.6 Å². The van der Waals surface area contributed by atoms with Crippen LogP contribution in [0.2, 0.25) is 0 Å². The molecule has 0 N–H and O–H groups in total. The average molecular weight is 423 g/mol. The largest absolute Gasteiger partial charge is 0.454 e. The summed E-state index contributed by atoms with van der Waals surface area (Å²) >= 11 is 0. The maximum atomic E-state index is 12.5. The first-order chi connectivity index (χ1) is 15.0. The molecule has 0 atom stereocenters. The van der Waals surface area contributed by atoms with E-state index < -0.39 is 0 Å². The molecule has 1 saturated heterocycles. The van der Waals surface area contributed by atoms with Gasteiger partial charge in [-0.2, -0.15) is 0 Å². The van der Waals surface area contributed by atoms with Gasteiger partial charge in [-0.25, -0.2) is 0 Å². The molecule has 8 nitrogen and oxygen atoms in total. The summed E-state index contributed by atoms with van der Waals surface area (Å²) in [5, 5.41) is 4.07. The number of oxime groups is 1. The number of amides is 1. The number of ether oxygens (including phenoxy) is 2. The lowest BCUT2D eigenvalue weighted by Crippen LogP contribution is -2.49. The molecule has 0 spiro atoms. The highest BCUT2D eigenvalue weighted by atomic mass is 16.7. The molecule has 0 aliphatic carbocycles. The topological polar surface area (TPSA) is 80.7 Å². The minimum atomic E-state index is -0.102. The van der Waals surface area contributed by atoms with Gasteiger partial charge in [0.1, 0.15) is 0 Å². The van der Waals surface area contributed by atoms with Crippen LogP contribution in [0.1, 0.15) is 29.8 Å². The predicted molar refractivity (Wildman–Crippen MR) is 116 cm³/mol. The van der Waals surface area contributed by atoms with E-state index in [0.29, 0.717) is 35.9 Å². The van der Waals surface area contributed by atoms with E-state index in [1.165, 1.54) is 0 Å². The van der Waals surface area contributed by atoms with E-state index in [2.05, 4.69) is 10.1 Å². The number of hydrogen-bond donors (Lipinski definition) is 0. The number of anilines is 1. The van der Waals surface area contributed by atoms with Crippen LogP contribution in [0.5, 0.6) is 11.5 Å². The summed E-state index contributed by atoms with van der Waals surface area (Å²) in [6.07, 6.45) is 0. The number of Topliss-reactive ketones (excluding diaryl/α,β-unsaturated/α-hetero) is 1. The third-order valence-electron chi connectivity index (χ3n) is 5.45. The number of piperazine rings is 1. The van der Waals surface area contributed by atoms with Crippen molar-refractivity contribution in [2.24, 2.45) is 5.16 Å². The van der Waals surface area contributed by atoms with E-state index in [1.807, 2.05) is 49.4 Å².